The van der Waals surface area contributed by atoms with E-state index in [-0.39, 0.29) is 17.7 Å². The summed E-state index contributed by atoms with van der Waals surface area (Å²) in [4.78, 5) is 13.9. The van der Waals surface area contributed by atoms with E-state index in [1.54, 1.807) is 11.8 Å². The first kappa shape index (κ1) is 13.1. The van der Waals surface area contributed by atoms with Crippen molar-refractivity contribution in [3.8, 4) is 0 Å². The van der Waals surface area contributed by atoms with Crippen LogP contribution in [-0.2, 0) is 4.79 Å². The van der Waals surface area contributed by atoms with E-state index in [0.717, 1.165) is 26.2 Å². The molecule has 0 aromatic heterocycles. The van der Waals surface area contributed by atoms with Crippen LogP contribution >= 0.6 is 24.2 Å². The van der Waals surface area contributed by atoms with E-state index < -0.39 is 0 Å². The van der Waals surface area contributed by atoms with Crippen molar-refractivity contribution in [3.63, 3.8) is 0 Å². The monoisotopic (exact) mass is 250 g/mol. The van der Waals surface area contributed by atoms with Crippen LogP contribution in [0.15, 0.2) is 0 Å². The number of nitrogens with one attached hydrogen (secondary N) is 1. The normalized spacial score (nSPS) is 30.9. The molecule has 0 saturated carbocycles. The van der Waals surface area contributed by atoms with Crippen LogP contribution in [0.3, 0.4) is 0 Å². The van der Waals surface area contributed by atoms with Gasteiger partial charge >= 0.3 is 0 Å². The fourth-order valence-electron chi connectivity index (χ4n) is 2.39. The van der Waals surface area contributed by atoms with Crippen molar-refractivity contribution in [2.24, 2.45) is 11.8 Å². The summed E-state index contributed by atoms with van der Waals surface area (Å²) < 4.78 is 0. The van der Waals surface area contributed by atoms with Crippen molar-refractivity contribution >= 4 is 30.1 Å². The quantitative estimate of drug-likeness (QED) is 0.788. The van der Waals surface area contributed by atoms with Gasteiger partial charge < -0.3 is 10.2 Å². The number of hydrogen-bond donors (Lipinski definition) is 1. The Morgan fingerprint density at radius 1 is 1.40 bits per heavy atom. The van der Waals surface area contributed by atoms with Gasteiger partial charge in [-0.2, -0.15) is 11.8 Å². The molecular weight excluding hydrogens is 232 g/mol. The first-order valence-electron chi connectivity index (χ1n) is 5.24. The van der Waals surface area contributed by atoms with E-state index in [2.05, 4.69) is 10.2 Å². The van der Waals surface area contributed by atoms with Crippen molar-refractivity contribution in [2.45, 2.75) is 12.2 Å². The third kappa shape index (κ3) is 2.60. The van der Waals surface area contributed by atoms with Crippen LogP contribution in [-0.4, -0.2) is 48.5 Å². The van der Waals surface area contributed by atoms with Crippen molar-refractivity contribution in [3.05, 3.63) is 0 Å². The predicted molar refractivity (Wildman–Crippen MR) is 66.7 cm³/mol. The molecule has 2 aliphatic heterocycles. The molecule has 0 radical (unpaired) electrons. The van der Waals surface area contributed by atoms with Gasteiger partial charge in [0.25, 0.3) is 0 Å². The Labute approximate surface area is 102 Å². The zero-order chi connectivity index (χ0) is 10.1. The lowest BCUT2D eigenvalue weighted by atomic mass is 10.0. The number of hydrogen-bond acceptors (Lipinski definition) is 3. The van der Waals surface area contributed by atoms with Gasteiger partial charge in [0.15, 0.2) is 0 Å². The standard InChI is InChI=1S/C10H18N2OS.ClH/c1-7(14-2)10(13)12-5-8-3-11-4-9(8)6-12;/h7-9,11H,3-6H2,1-2H3;1H/t7?,8-,9+;. The minimum absolute atomic E-state index is 0. The third-order valence-electron chi connectivity index (χ3n) is 3.40. The Balaban J connectivity index is 0.00000112. The van der Waals surface area contributed by atoms with Gasteiger partial charge in [-0.05, 0) is 25.0 Å². The smallest absolute Gasteiger partial charge is 0.235 e. The zero-order valence-electron chi connectivity index (χ0n) is 9.23. The highest BCUT2D eigenvalue weighted by molar-refractivity contribution is 7.99. The molecule has 15 heavy (non-hydrogen) atoms. The average molecular weight is 251 g/mol. The van der Waals surface area contributed by atoms with E-state index in [1.165, 1.54) is 0 Å². The molecule has 2 fully saturated rings. The second kappa shape index (κ2) is 5.41. The minimum Gasteiger partial charge on any atom is -0.341 e. The number of thioether (sulfide) groups is 1. The molecule has 88 valence electrons. The van der Waals surface area contributed by atoms with Gasteiger partial charge in [0.1, 0.15) is 0 Å². The van der Waals surface area contributed by atoms with Crippen molar-refractivity contribution < 1.29 is 4.79 Å². The van der Waals surface area contributed by atoms with Crippen LogP contribution in [0.5, 0.6) is 0 Å². The van der Waals surface area contributed by atoms with Crippen LogP contribution in [0.4, 0.5) is 0 Å². The molecule has 2 aliphatic rings. The zero-order valence-corrected chi connectivity index (χ0v) is 10.9. The molecule has 3 nitrogen and oxygen atoms in total. The fraction of sp³-hybridized carbons (Fsp3) is 0.900. The Morgan fingerprint density at radius 2 is 1.93 bits per heavy atom. The van der Waals surface area contributed by atoms with Crippen LogP contribution < -0.4 is 5.32 Å². The lowest BCUT2D eigenvalue weighted by Gasteiger charge is -2.20. The molecular formula is C10H19ClN2OS. The maximum absolute atomic E-state index is 11.9. The van der Waals surface area contributed by atoms with Gasteiger partial charge in [-0.3, -0.25) is 4.79 Å². The minimum atomic E-state index is 0. The van der Waals surface area contributed by atoms with Gasteiger partial charge in [-0.15, -0.1) is 12.4 Å². The topological polar surface area (TPSA) is 32.3 Å². The summed E-state index contributed by atoms with van der Waals surface area (Å²) in [6.45, 7) is 6.15. The molecule has 1 N–H and O–H groups in total. The number of rotatable bonds is 2. The highest BCUT2D eigenvalue weighted by atomic mass is 35.5. The molecule has 0 aromatic rings. The Kier molecular flexibility index (Phi) is 4.74. The Bertz CT molecular complexity index is 227. The number of carbonyl (C=O) groups is 1. The summed E-state index contributed by atoms with van der Waals surface area (Å²) in [5, 5.41) is 3.51. The predicted octanol–water partition coefficient (Wildman–Crippen LogP) is 0.837. The molecule has 0 bridgehead atoms. The van der Waals surface area contributed by atoms with Crippen LogP contribution in [0.1, 0.15) is 6.92 Å². The molecule has 1 amide bonds. The Hall–Kier alpha value is 0.0700. The van der Waals surface area contributed by atoms with Crippen LogP contribution in [0.25, 0.3) is 0 Å². The molecule has 2 saturated heterocycles. The first-order valence-corrected chi connectivity index (χ1v) is 6.53. The molecule has 0 spiro atoms. The molecule has 2 rings (SSSR count). The largest absolute Gasteiger partial charge is 0.341 e. The SMILES string of the molecule is CSC(C)C(=O)N1C[C@H]2CNC[C@H]2C1.Cl. The maximum Gasteiger partial charge on any atom is 0.235 e. The lowest BCUT2D eigenvalue weighted by molar-refractivity contribution is -0.129. The molecule has 1 unspecified atom stereocenters. The fourth-order valence-corrected chi connectivity index (χ4v) is 2.74. The molecule has 5 heteroatoms. The Morgan fingerprint density at radius 3 is 2.40 bits per heavy atom. The first-order chi connectivity index (χ1) is 6.72. The molecule has 3 atom stereocenters. The van der Waals surface area contributed by atoms with E-state index in [1.807, 2.05) is 13.2 Å². The van der Waals surface area contributed by atoms with E-state index in [4.69, 9.17) is 0 Å². The average Bonchev–Trinajstić information content (AvgIpc) is 2.74. The van der Waals surface area contributed by atoms with E-state index in [9.17, 15) is 4.79 Å². The van der Waals surface area contributed by atoms with Gasteiger partial charge in [0, 0.05) is 26.2 Å². The summed E-state index contributed by atoms with van der Waals surface area (Å²) in [5.74, 6) is 1.76. The van der Waals surface area contributed by atoms with E-state index in [0.29, 0.717) is 17.7 Å². The third-order valence-corrected chi connectivity index (χ3v) is 4.31. The van der Waals surface area contributed by atoms with Crippen LogP contribution in [0.2, 0.25) is 0 Å². The van der Waals surface area contributed by atoms with Crippen molar-refractivity contribution in [1.29, 1.82) is 0 Å². The number of carbonyl (C=O) groups excluding carboxylic acids is 1. The number of nitrogens with zero attached hydrogens (tertiary/aromatic N) is 1. The second-order valence-electron chi connectivity index (χ2n) is 4.30. The van der Waals surface area contributed by atoms with Gasteiger partial charge in [0.2, 0.25) is 5.91 Å². The van der Waals surface area contributed by atoms with E-state index >= 15 is 0 Å². The summed E-state index contributed by atoms with van der Waals surface area (Å²) >= 11 is 1.64. The van der Waals surface area contributed by atoms with Crippen molar-refractivity contribution in [1.82, 2.24) is 10.2 Å². The number of fused-ring (bicyclic) bond motifs is 1. The summed E-state index contributed by atoms with van der Waals surface area (Å²) in [5.41, 5.74) is 0. The molecule has 0 aromatic carbocycles. The highest BCUT2D eigenvalue weighted by Crippen LogP contribution is 2.27. The van der Waals surface area contributed by atoms with Gasteiger partial charge in [0.05, 0.1) is 5.25 Å². The number of amides is 1. The van der Waals surface area contributed by atoms with Crippen molar-refractivity contribution in [2.75, 3.05) is 32.4 Å². The summed E-state index contributed by atoms with van der Waals surface area (Å²) in [6, 6.07) is 0. The molecule has 2 heterocycles. The van der Waals surface area contributed by atoms with Gasteiger partial charge in [-0.1, -0.05) is 0 Å². The summed E-state index contributed by atoms with van der Waals surface area (Å²) in [7, 11) is 0. The van der Waals surface area contributed by atoms with Gasteiger partial charge in [-0.25, -0.2) is 0 Å². The summed E-state index contributed by atoms with van der Waals surface area (Å²) in [6.07, 6.45) is 2.00. The lowest BCUT2D eigenvalue weighted by Crippen LogP contribution is -2.36. The highest BCUT2D eigenvalue weighted by Gasteiger charge is 2.38. The molecule has 0 aliphatic carbocycles. The number of likely N-dealkylation sites (tertiary alicyclic amines) is 1. The maximum atomic E-state index is 11.9. The second-order valence-corrected chi connectivity index (χ2v) is 5.48. The van der Waals surface area contributed by atoms with Crippen LogP contribution in [0, 0.1) is 11.8 Å². The number of halogens is 1.